The SMILES string of the molecule is CCC(C)CC(CBr)OC(C)(C)C. The Labute approximate surface area is 91.4 Å². The summed E-state index contributed by atoms with van der Waals surface area (Å²) in [4.78, 5) is 0. The summed E-state index contributed by atoms with van der Waals surface area (Å²) in [7, 11) is 0. The molecule has 13 heavy (non-hydrogen) atoms. The molecule has 0 aromatic rings. The largest absolute Gasteiger partial charge is 0.372 e. The Bertz CT molecular complexity index is 129. The van der Waals surface area contributed by atoms with Crippen molar-refractivity contribution in [2.24, 2.45) is 5.92 Å². The lowest BCUT2D eigenvalue weighted by atomic mass is 10.0. The molecule has 0 bridgehead atoms. The molecule has 0 saturated heterocycles. The highest BCUT2D eigenvalue weighted by Crippen LogP contribution is 2.19. The molecule has 0 fully saturated rings. The maximum atomic E-state index is 5.91. The third kappa shape index (κ3) is 7.51. The molecule has 1 nitrogen and oxygen atoms in total. The van der Waals surface area contributed by atoms with Gasteiger partial charge in [0.15, 0.2) is 0 Å². The van der Waals surface area contributed by atoms with Gasteiger partial charge in [-0.25, -0.2) is 0 Å². The van der Waals surface area contributed by atoms with Gasteiger partial charge in [0.25, 0.3) is 0 Å². The fourth-order valence-electron chi connectivity index (χ4n) is 1.26. The van der Waals surface area contributed by atoms with Crippen molar-refractivity contribution < 1.29 is 4.74 Å². The van der Waals surface area contributed by atoms with E-state index < -0.39 is 0 Å². The number of halogens is 1. The molecular formula is C11H23BrO. The van der Waals surface area contributed by atoms with Crippen LogP contribution in [0.4, 0.5) is 0 Å². The van der Waals surface area contributed by atoms with Crippen molar-refractivity contribution in [3.8, 4) is 0 Å². The van der Waals surface area contributed by atoms with E-state index in [1.165, 1.54) is 6.42 Å². The van der Waals surface area contributed by atoms with Gasteiger partial charge in [-0.3, -0.25) is 0 Å². The van der Waals surface area contributed by atoms with Crippen LogP contribution in [0.25, 0.3) is 0 Å². The molecular weight excluding hydrogens is 228 g/mol. The third-order valence-corrected chi connectivity index (χ3v) is 2.78. The fourth-order valence-corrected chi connectivity index (χ4v) is 1.65. The van der Waals surface area contributed by atoms with E-state index >= 15 is 0 Å². The zero-order chi connectivity index (χ0) is 10.5. The Morgan fingerprint density at radius 3 is 2.15 bits per heavy atom. The first-order valence-electron chi connectivity index (χ1n) is 5.12. The first kappa shape index (κ1) is 13.4. The highest BCUT2D eigenvalue weighted by Gasteiger charge is 2.19. The molecule has 0 aromatic carbocycles. The van der Waals surface area contributed by atoms with E-state index in [0.29, 0.717) is 6.10 Å². The first-order chi connectivity index (χ1) is 5.89. The smallest absolute Gasteiger partial charge is 0.0681 e. The number of rotatable bonds is 5. The molecule has 2 atom stereocenters. The maximum Gasteiger partial charge on any atom is 0.0681 e. The molecule has 2 unspecified atom stereocenters. The molecule has 0 aliphatic carbocycles. The standard InChI is InChI=1S/C11H23BrO/c1-6-9(2)7-10(8-12)13-11(3,4)5/h9-10H,6-8H2,1-5H3. The number of hydrogen-bond acceptors (Lipinski definition) is 1. The van der Waals surface area contributed by atoms with Crippen molar-refractivity contribution in [1.29, 1.82) is 0 Å². The van der Waals surface area contributed by atoms with E-state index in [1.807, 2.05) is 0 Å². The first-order valence-corrected chi connectivity index (χ1v) is 6.25. The Morgan fingerprint density at radius 1 is 1.31 bits per heavy atom. The summed E-state index contributed by atoms with van der Waals surface area (Å²) in [6.07, 6.45) is 2.74. The van der Waals surface area contributed by atoms with Gasteiger partial charge in [-0.1, -0.05) is 36.2 Å². The van der Waals surface area contributed by atoms with E-state index in [9.17, 15) is 0 Å². The fraction of sp³-hybridized carbons (Fsp3) is 1.00. The Hall–Kier alpha value is 0.440. The minimum Gasteiger partial charge on any atom is -0.372 e. The molecule has 0 radical (unpaired) electrons. The molecule has 0 saturated carbocycles. The lowest BCUT2D eigenvalue weighted by molar-refractivity contribution is -0.0565. The third-order valence-electron chi connectivity index (χ3n) is 2.05. The number of hydrogen-bond donors (Lipinski definition) is 0. The van der Waals surface area contributed by atoms with Gasteiger partial charge >= 0.3 is 0 Å². The Morgan fingerprint density at radius 2 is 1.85 bits per heavy atom. The van der Waals surface area contributed by atoms with Gasteiger partial charge in [-0.2, -0.15) is 0 Å². The summed E-state index contributed by atoms with van der Waals surface area (Å²) in [6, 6.07) is 0. The molecule has 0 aromatic heterocycles. The summed E-state index contributed by atoms with van der Waals surface area (Å²) >= 11 is 3.50. The average Bonchev–Trinajstić information content (AvgIpc) is 2.00. The second kappa shape index (κ2) is 6.02. The van der Waals surface area contributed by atoms with Crippen LogP contribution >= 0.6 is 15.9 Å². The lowest BCUT2D eigenvalue weighted by Gasteiger charge is -2.28. The molecule has 0 amide bonds. The normalized spacial score (nSPS) is 17.1. The summed E-state index contributed by atoms with van der Waals surface area (Å²) in [5, 5.41) is 0.939. The Kier molecular flexibility index (Phi) is 6.23. The van der Waals surface area contributed by atoms with E-state index in [0.717, 1.165) is 17.7 Å². The zero-order valence-electron chi connectivity index (χ0n) is 9.56. The van der Waals surface area contributed by atoms with Gasteiger partial charge in [0.2, 0.25) is 0 Å². The lowest BCUT2D eigenvalue weighted by Crippen LogP contribution is -2.29. The van der Waals surface area contributed by atoms with Crippen LogP contribution in [0.3, 0.4) is 0 Å². The summed E-state index contributed by atoms with van der Waals surface area (Å²) < 4.78 is 5.91. The molecule has 0 rings (SSSR count). The van der Waals surface area contributed by atoms with Crippen LogP contribution in [0.15, 0.2) is 0 Å². The maximum absolute atomic E-state index is 5.91. The van der Waals surface area contributed by atoms with Crippen molar-refractivity contribution >= 4 is 15.9 Å². The summed E-state index contributed by atoms with van der Waals surface area (Å²) in [5.41, 5.74) is -0.0219. The highest BCUT2D eigenvalue weighted by atomic mass is 79.9. The van der Waals surface area contributed by atoms with Gasteiger partial charge in [0, 0.05) is 5.33 Å². The summed E-state index contributed by atoms with van der Waals surface area (Å²) in [6.45, 7) is 10.8. The second-order valence-electron chi connectivity index (χ2n) is 4.76. The molecule has 0 spiro atoms. The number of ether oxygens (including phenoxy) is 1. The zero-order valence-corrected chi connectivity index (χ0v) is 11.1. The van der Waals surface area contributed by atoms with Crippen molar-refractivity contribution in [2.45, 2.75) is 59.2 Å². The quantitative estimate of drug-likeness (QED) is 0.671. The van der Waals surface area contributed by atoms with Crippen LogP contribution in [-0.4, -0.2) is 17.0 Å². The molecule has 0 N–H and O–H groups in total. The molecule has 0 aliphatic heterocycles. The van der Waals surface area contributed by atoms with E-state index in [-0.39, 0.29) is 5.60 Å². The van der Waals surface area contributed by atoms with E-state index in [1.54, 1.807) is 0 Å². The van der Waals surface area contributed by atoms with Gasteiger partial charge in [-0.05, 0) is 33.1 Å². The average molecular weight is 251 g/mol. The molecule has 80 valence electrons. The van der Waals surface area contributed by atoms with Gasteiger partial charge in [-0.15, -0.1) is 0 Å². The minimum atomic E-state index is -0.0219. The van der Waals surface area contributed by atoms with Gasteiger partial charge in [0.05, 0.1) is 11.7 Å². The second-order valence-corrected chi connectivity index (χ2v) is 5.40. The topological polar surface area (TPSA) is 9.23 Å². The Balaban J connectivity index is 3.89. The van der Waals surface area contributed by atoms with E-state index in [4.69, 9.17) is 4.74 Å². The predicted octanol–water partition coefficient (Wildman–Crippen LogP) is 4.00. The van der Waals surface area contributed by atoms with Crippen LogP contribution in [0.2, 0.25) is 0 Å². The van der Waals surface area contributed by atoms with Crippen LogP contribution < -0.4 is 0 Å². The highest BCUT2D eigenvalue weighted by molar-refractivity contribution is 9.09. The van der Waals surface area contributed by atoms with Crippen LogP contribution in [0.5, 0.6) is 0 Å². The van der Waals surface area contributed by atoms with E-state index in [2.05, 4.69) is 50.5 Å². The minimum absolute atomic E-state index is 0.0219. The van der Waals surface area contributed by atoms with Crippen LogP contribution in [-0.2, 0) is 4.74 Å². The van der Waals surface area contributed by atoms with Crippen molar-refractivity contribution in [2.75, 3.05) is 5.33 Å². The molecule has 2 heteroatoms. The van der Waals surface area contributed by atoms with Crippen molar-refractivity contribution in [3.05, 3.63) is 0 Å². The van der Waals surface area contributed by atoms with Crippen molar-refractivity contribution in [1.82, 2.24) is 0 Å². The monoisotopic (exact) mass is 250 g/mol. The van der Waals surface area contributed by atoms with Crippen LogP contribution in [0, 0.1) is 5.92 Å². The van der Waals surface area contributed by atoms with Crippen LogP contribution in [0.1, 0.15) is 47.5 Å². The summed E-state index contributed by atoms with van der Waals surface area (Å²) in [5.74, 6) is 0.755. The molecule has 0 heterocycles. The van der Waals surface area contributed by atoms with Crippen molar-refractivity contribution in [3.63, 3.8) is 0 Å². The van der Waals surface area contributed by atoms with Gasteiger partial charge < -0.3 is 4.74 Å². The predicted molar refractivity (Wildman–Crippen MR) is 62.5 cm³/mol. The molecule has 0 aliphatic rings. The number of alkyl halides is 1. The van der Waals surface area contributed by atoms with Gasteiger partial charge in [0.1, 0.15) is 0 Å².